The lowest BCUT2D eigenvalue weighted by Gasteiger charge is -2.37. The van der Waals surface area contributed by atoms with Gasteiger partial charge in [-0.15, -0.1) is 0 Å². The van der Waals surface area contributed by atoms with Crippen LogP contribution in [0.15, 0.2) is 30.5 Å². The van der Waals surface area contributed by atoms with E-state index in [1.165, 1.54) is 12.2 Å². The first kappa shape index (κ1) is 28.2. The Kier molecular flexibility index (Phi) is 8.93. The number of carbonyl (C=O) groups excluding carboxylic acids is 1. The molecule has 0 atom stereocenters. The molecule has 2 aromatic heterocycles. The Morgan fingerprint density at radius 1 is 1.21 bits per heavy atom. The molecule has 9 nitrogen and oxygen atoms in total. The molecule has 0 saturated carbocycles. The number of unbranched alkanes of at least 4 members (excludes halogenated alkanes) is 1. The molecular formula is C27H34F3N7O2. The van der Waals surface area contributed by atoms with E-state index in [-0.39, 0.29) is 5.91 Å². The molecule has 0 radical (unpaired) electrons. The van der Waals surface area contributed by atoms with Crippen molar-refractivity contribution >= 4 is 24.0 Å². The van der Waals surface area contributed by atoms with Crippen LogP contribution in [0.4, 0.5) is 19.0 Å². The highest BCUT2D eigenvalue weighted by Crippen LogP contribution is 2.29. The summed E-state index contributed by atoms with van der Waals surface area (Å²) in [5.41, 5.74) is 1.21. The number of piperazine rings is 1. The summed E-state index contributed by atoms with van der Waals surface area (Å²) in [5.74, 6) is 0.760. The number of aromatic nitrogens is 4. The molecule has 0 aromatic carbocycles. The summed E-state index contributed by atoms with van der Waals surface area (Å²) in [4.78, 5) is 27.5. The van der Waals surface area contributed by atoms with Gasteiger partial charge in [0.25, 0.3) is 0 Å². The topological polar surface area (TPSA) is 90.5 Å². The molecule has 12 heteroatoms. The third kappa shape index (κ3) is 6.98. The molecule has 2 aromatic rings. The number of anilines is 1. The summed E-state index contributed by atoms with van der Waals surface area (Å²) >= 11 is 0. The Bertz CT molecular complexity index is 1330. The fraction of sp³-hybridized carbons (Fsp3) is 0.481. The molecule has 1 saturated heterocycles. The largest absolute Gasteiger partial charge is 0.463 e. The fourth-order valence-electron chi connectivity index (χ4n) is 4.46. The van der Waals surface area contributed by atoms with Gasteiger partial charge in [0.2, 0.25) is 5.91 Å². The highest BCUT2D eigenvalue weighted by atomic mass is 19.4. The normalized spacial score (nSPS) is 17.5. The van der Waals surface area contributed by atoms with Crippen LogP contribution in [0.25, 0.3) is 12.3 Å². The van der Waals surface area contributed by atoms with Gasteiger partial charge in [0.15, 0.2) is 0 Å². The van der Waals surface area contributed by atoms with Crippen LogP contribution in [0.2, 0.25) is 0 Å². The lowest BCUT2D eigenvalue weighted by atomic mass is 10.0. The summed E-state index contributed by atoms with van der Waals surface area (Å²) in [6, 6.07) is 0.328. The van der Waals surface area contributed by atoms with Crippen molar-refractivity contribution < 1.29 is 22.7 Å². The van der Waals surface area contributed by atoms with Crippen LogP contribution < -0.4 is 20.2 Å². The van der Waals surface area contributed by atoms with E-state index in [1.807, 2.05) is 6.20 Å². The maximum absolute atomic E-state index is 12.9. The van der Waals surface area contributed by atoms with Gasteiger partial charge in [-0.05, 0) is 31.9 Å². The molecule has 4 rings (SSSR count). The predicted molar refractivity (Wildman–Crippen MR) is 142 cm³/mol. The van der Waals surface area contributed by atoms with E-state index in [2.05, 4.69) is 33.5 Å². The fourth-order valence-corrected chi connectivity index (χ4v) is 4.46. The predicted octanol–water partition coefficient (Wildman–Crippen LogP) is 2.30. The van der Waals surface area contributed by atoms with Gasteiger partial charge in [0.1, 0.15) is 5.82 Å². The lowest BCUT2D eigenvalue weighted by molar-refractivity contribution is -0.126. The number of nitrogens with zero attached hydrogens (tertiary/aromatic N) is 6. The zero-order chi connectivity index (χ0) is 28.0. The van der Waals surface area contributed by atoms with Crippen molar-refractivity contribution in [1.82, 2.24) is 30.0 Å². The number of hydrogen-bond acceptors (Lipinski definition) is 7. The van der Waals surface area contributed by atoms with Crippen molar-refractivity contribution in [3.05, 3.63) is 52.3 Å². The van der Waals surface area contributed by atoms with Gasteiger partial charge in [-0.1, -0.05) is 26.0 Å². The van der Waals surface area contributed by atoms with Gasteiger partial charge in [-0.3, -0.25) is 9.89 Å². The zero-order valence-corrected chi connectivity index (χ0v) is 22.3. The number of rotatable bonds is 8. The van der Waals surface area contributed by atoms with E-state index in [0.29, 0.717) is 68.9 Å². The van der Waals surface area contributed by atoms with Crippen LogP contribution in [0.3, 0.4) is 0 Å². The number of alkyl halides is 3. The molecule has 2 aliphatic rings. The molecule has 4 heterocycles. The zero-order valence-electron chi connectivity index (χ0n) is 22.3. The maximum Gasteiger partial charge on any atom is 0.412 e. The average Bonchev–Trinajstić information content (AvgIpc) is 3.37. The van der Waals surface area contributed by atoms with E-state index < -0.39 is 11.7 Å². The van der Waals surface area contributed by atoms with Crippen LogP contribution in [0.1, 0.15) is 37.9 Å². The minimum absolute atomic E-state index is 0.0750. The second-order valence-corrected chi connectivity index (χ2v) is 9.58. The van der Waals surface area contributed by atoms with Crippen molar-refractivity contribution in [3.63, 3.8) is 0 Å². The molecule has 1 N–H and O–H groups in total. The quantitative estimate of drug-likeness (QED) is 0.402. The van der Waals surface area contributed by atoms with Gasteiger partial charge in [-0.2, -0.15) is 28.2 Å². The molecule has 210 valence electrons. The van der Waals surface area contributed by atoms with Crippen LogP contribution >= 0.6 is 0 Å². The van der Waals surface area contributed by atoms with E-state index in [1.54, 1.807) is 11.1 Å². The Morgan fingerprint density at radius 3 is 2.67 bits per heavy atom. The van der Waals surface area contributed by atoms with Crippen molar-refractivity contribution in [3.8, 4) is 6.01 Å². The molecule has 0 spiro atoms. The monoisotopic (exact) mass is 545 g/mol. The Labute approximate surface area is 225 Å². The van der Waals surface area contributed by atoms with Crippen LogP contribution in [0, 0.1) is 0 Å². The molecule has 0 aliphatic carbocycles. The molecule has 2 aliphatic heterocycles. The number of carbonyl (C=O) groups is 1. The number of amides is 1. The number of fused-ring (bicyclic) bond motifs is 1. The first-order chi connectivity index (χ1) is 18.7. The van der Waals surface area contributed by atoms with E-state index >= 15 is 0 Å². The first-order valence-electron chi connectivity index (χ1n) is 13.1. The van der Waals surface area contributed by atoms with E-state index in [0.717, 1.165) is 42.9 Å². The second-order valence-electron chi connectivity index (χ2n) is 9.58. The molecule has 1 amide bonds. The van der Waals surface area contributed by atoms with Crippen LogP contribution in [0.5, 0.6) is 6.01 Å². The number of hydrogen-bond donors (Lipinski definition) is 1. The van der Waals surface area contributed by atoms with Gasteiger partial charge in [-0.25, -0.2) is 0 Å². The number of aromatic amines is 1. The van der Waals surface area contributed by atoms with Crippen molar-refractivity contribution in [2.24, 2.45) is 0 Å². The second kappa shape index (κ2) is 12.4. The van der Waals surface area contributed by atoms with Gasteiger partial charge in [0, 0.05) is 55.3 Å². The van der Waals surface area contributed by atoms with Gasteiger partial charge in [0.05, 0.1) is 30.4 Å². The summed E-state index contributed by atoms with van der Waals surface area (Å²) < 4.78 is 44.5. The highest BCUT2D eigenvalue weighted by molar-refractivity contribution is 5.87. The highest BCUT2D eigenvalue weighted by Gasteiger charge is 2.29. The third-order valence-corrected chi connectivity index (χ3v) is 6.82. The minimum Gasteiger partial charge on any atom is -0.463 e. The summed E-state index contributed by atoms with van der Waals surface area (Å²) in [5, 5.41) is 7.95. The summed E-state index contributed by atoms with van der Waals surface area (Å²) in [6.07, 6.45) is 5.42. The number of H-pyrrole nitrogens is 1. The van der Waals surface area contributed by atoms with Crippen molar-refractivity contribution in [1.29, 1.82) is 0 Å². The average molecular weight is 546 g/mol. The first-order valence-corrected chi connectivity index (χ1v) is 13.1. The Morgan fingerprint density at radius 2 is 1.97 bits per heavy atom. The number of halogens is 3. The number of ether oxygens (including phenoxy) is 1. The number of allylic oxidation sites excluding steroid dienone is 2. The van der Waals surface area contributed by atoms with Gasteiger partial charge < -0.3 is 19.4 Å². The Balaban J connectivity index is 1.60. The maximum atomic E-state index is 12.9. The smallest absolute Gasteiger partial charge is 0.412 e. The number of nitrogens with one attached hydrogen (secondary N) is 1. The summed E-state index contributed by atoms with van der Waals surface area (Å²) in [6.45, 7) is 10.8. The van der Waals surface area contributed by atoms with Crippen molar-refractivity contribution in [2.45, 2.75) is 45.8 Å². The van der Waals surface area contributed by atoms with Crippen molar-refractivity contribution in [2.75, 3.05) is 44.2 Å². The Hall–Kier alpha value is -3.83. The molecule has 0 bridgehead atoms. The molecule has 0 unspecified atom stereocenters. The standard InChI is InChI=1S/C27H34F3N7O2/c1-4-6-15-39-26-32-23-18-35(17-20-16-31-34-22(20)8-7-19(3)27(28,29)30)10-9-21(23)25(33-26)37-13-11-36(12-14-37)24(38)5-2/h5,7-8,16-17,34H,2,4,6,9-15,18H2,1,3H3/b19-7+,20-17+,22-8+. The van der Waals surface area contributed by atoms with Crippen LogP contribution in [-0.4, -0.2) is 81.4 Å². The molecular weight excluding hydrogens is 511 g/mol. The summed E-state index contributed by atoms with van der Waals surface area (Å²) in [7, 11) is 0. The van der Waals surface area contributed by atoms with E-state index in [4.69, 9.17) is 14.7 Å². The lowest BCUT2D eigenvalue weighted by Crippen LogP contribution is -2.49. The molecule has 1 fully saturated rings. The van der Waals surface area contributed by atoms with Crippen LogP contribution in [-0.2, 0) is 17.8 Å². The minimum atomic E-state index is -4.38. The molecule has 39 heavy (non-hydrogen) atoms. The van der Waals surface area contributed by atoms with E-state index in [9.17, 15) is 18.0 Å². The SMILES string of the molecule is C=CC(=O)N1CCN(c2nc(OCCCC)nc3c2CCN(\C=c2/cn[nH]/c2=C/C=C(\C)C(F)(F)F)C3)CC1. The third-order valence-electron chi connectivity index (χ3n) is 6.82. The van der Waals surface area contributed by atoms with Gasteiger partial charge >= 0.3 is 12.2 Å².